The number of rotatable bonds is 3. The van der Waals surface area contributed by atoms with Crippen LogP contribution >= 0.6 is 0 Å². The summed E-state index contributed by atoms with van der Waals surface area (Å²) >= 11 is 0. The van der Waals surface area contributed by atoms with Crippen LogP contribution in [0.15, 0.2) is 0 Å². The van der Waals surface area contributed by atoms with E-state index in [1.54, 1.807) is 0 Å². The Morgan fingerprint density at radius 2 is 2.31 bits per heavy atom. The summed E-state index contributed by atoms with van der Waals surface area (Å²) in [6, 6.07) is 0. The third-order valence-electron chi connectivity index (χ3n) is 2.28. The van der Waals surface area contributed by atoms with Gasteiger partial charge < -0.3 is 10.4 Å². The van der Waals surface area contributed by atoms with Gasteiger partial charge in [0.15, 0.2) is 0 Å². The SMILES string of the molecule is O=C(O)CC(F)(F)C1CCCNC1. The molecule has 1 rings (SSSR count). The van der Waals surface area contributed by atoms with Gasteiger partial charge in [-0.1, -0.05) is 0 Å². The Kier molecular flexibility index (Phi) is 3.19. The van der Waals surface area contributed by atoms with E-state index in [0.29, 0.717) is 12.8 Å². The summed E-state index contributed by atoms with van der Waals surface area (Å²) in [6.45, 7) is 0.972. The molecular formula is C8H13F2NO2. The Bertz CT molecular complexity index is 191. The molecule has 0 bridgehead atoms. The van der Waals surface area contributed by atoms with E-state index >= 15 is 0 Å². The molecule has 76 valence electrons. The number of piperidine rings is 1. The molecule has 0 aromatic carbocycles. The highest BCUT2D eigenvalue weighted by Crippen LogP contribution is 2.32. The summed E-state index contributed by atoms with van der Waals surface area (Å²) in [5.74, 6) is -5.33. The van der Waals surface area contributed by atoms with Crippen LogP contribution in [0.5, 0.6) is 0 Å². The second-order valence-corrected chi connectivity index (χ2v) is 3.37. The number of alkyl halides is 2. The predicted octanol–water partition coefficient (Wildman–Crippen LogP) is 1.10. The Hall–Kier alpha value is -0.710. The minimum atomic E-state index is -3.07. The lowest BCUT2D eigenvalue weighted by atomic mass is 9.91. The van der Waals surface area contributed by atoms with Crippen LogP contribution in [0.3, 0.4) is 0 Å². The van der Waals surface area contributed by atoms with Crippen molar-refractivity contribution in [2.45, 2.75) is 25.2 Å². The number of nitrogens with one attached hydrogen (secondary N) is 1. The smallest absolute Gasteiger partial charge is 0.309 e. The minimum Gasteiger partial charge on any atom is -0.481 e. The molecule has 2 N–H and O–H groups in total. The second kappa shape index (κ2) is 4.00. The minimum absolute atomic E-state index is 0.222. The highest BCUT2D eigenvalue weighted by molar-refractivity contribution is 5.67. The van der Waals surface area contributed by atoms with Crippen LogP contribution in [-0.4, -0.2) is 30.1 Å². The van der Waals surface area contributed by atoms with Gasteiger partial charge in [0.25, 0.3) is 5.92 Å². The van der Waals surface area contributed by atoms with Gasteiger partial charge in [0, 0.05) is 12.5 Å². The molecule has 1 atom stereocenters. The number of hydrogen-bond acceptors (Lipinski definition) is 2. The average Bonchev–Trinajstić information content (AvgIpc) is 2.04. The van der Waals surface area contributed by atoms with E-state index in [9.17, 15) is 13.6 Å². The van der Waals surface area contributed by atoms with Crippen LogP contribution in [0.25, 0.3) is 0 Å². The molecular weight excluding hydrogens is 180 g/mol. The molecule has 1 aliphatic rings. The van der Waals surface area contributed by atoms with Gasteiger partial charge in [-0.15, -0.1) is 0 Å². The van der Waals surface area contributed by atoms with Crippen molar-refractivity contribution in [2.75, 3.05) is 13.1 Å². The monoisotopic (exact) mass is 193 g/mol. The van der Waals surface area contributed by atoms with Gasteiger partial charge in [-0.25, -0.2) is 8.78 Å². The van der Waals surface area contributed by atoms with E-state index < -0.39 is 24.2 Å². The molecule has 3 nitrogen and oxygen atoms in total. The summed E-state index contributed by atoms with van der Waals surface area (Å²) in [7, 11) is 0. The largest absolute Gasteiger partial charge is 0.481 e. The second-order valence-electron chi connectivity index (χ2n) is 3.37. The lowest BCUT2D eigenvalue weighted by Crippen LogP contribution is -2.41. The lowest BCUT2D eigenvalue weighted by Gasteiger charge is -2.29. The number of carboxylic acid groups (broad SMARTS) is 1. The van der Waals surface area contributed by atoms with Crippen molar-refractivity contribution in [3.8, 4) is 0 Å². The molecule has 13 heavy (non-hydrogen) atoms. The molecule has 0 spiro atoms. The van der Waals surface area contributed by atoms with Crippen molar-refractivity contribution in [3.63, 3.8) is 0 Å². The number of halogens is 2. The summed E-state index contributed by atoms with van der Waals surface area (Å²) in [5.41, 5.74) is 0. The third kappa shape index (κ3) is 2.91. The highest BCUT2D eigenvalue weighted by atomic mass is 19.3. The van der Waals surface area contributed by atoms with Crippen molar-refractivity contribution in [3.05, 3.63) is 0 Å². The van der Waals surface area contributed by atoms with Crippen LogP contribution < -0.4 is 5.32 Å². The summed E-state index contributed by atoms with van der Waals surface area (Å²) in [4.78, 5) is 10.2. The Balaban J connectivity index is 2.50. The van der Waals surface area contributed by atoms with Gasteiger partial charge in [-0.3, -0.25) is 4.79 Å². The number of hydrogen-bond donors (Lipinski definition) is 2. The average molecular weight is 193 g/mol. The molecule has 0 amide bonds. The van der Waals surface area contributed by atoms with Crippen LogP contribution in [-0.2, 0) is 4.79 Å². The first-order valence-corrected chi connectivity index (χ1v) is 4.33. The van der Waals surface area contributed by atoms with E-state index in [0.717, 1.165) is 6.54 Å². The number of carbonyl (C=O) groups is 1. The van der Waals surface area contributed by atoms with Gasteiger partial charge in [-0.05, 0) is 19.4 Å². The van der Waals surface area contributed by atoms with Gasteiger partial charge in [0.2, 0.25) is 0 Å². The molecule has 0 aromatic rings. The van der Waals surface area contributed by atoms with Crippen LogP contribution in [0, 0.1) is 5.92 Å². The fourth-order valence-corrected chi connectivity index (χ4v) is 1.56. The van der Waals surface area contributed by atoms with Gasteiger partial charge >= 0.3 is 5.97 Å². The third-order valence-corrected chi connectivity index (χ3v) is 2.28. The van der Waals surface area contributed by atoms with Crippen LogP contribution in [0.4, 0.5) is 8.78 Å². The standard InChI is InChI=1S/C8H13F2NO2/c9-8(10,4-7(12)13)6-2-1-3-11-5-6/h6,11H,1-5H2,(H,12,13). The van der Waals surface area contributed by atoms with Gasteiger partial charge in [0.1, 0.15) is 6.42 Å². The molecule has 0 aliphatic carbocycles. The molecule has 0 saturated carbocycles. The van der Waals surface area contributed by atoms with Crippen LogP contribution in [0.1, 0.15) is 19.3 Å². The van der Waals surface area contributed by atoms with Gasteiger partial charge in [0.05, 0.1) is 0 Å². The maximum atomic E-state index is 13.1. The molecule has 1 aliphatic heterocycles. The maximum Gasteiger partial charge on any atom is 0.309 e. The Labute approximate surface area is 75.1 Å². The van der Waals surface area contributed by atoms with Crippen molar-refractivity contribution in [1.29, 1.82) is 0 Å². The highest BCUT2D eigenvalue weighted by Gasteiger charge is 2.41. The first-order chi connectivity index (χ1) is 6.02. The predicted molar refractivity (Wildman–Crippen MR) is 42.8 cm³/mol. The van der Waals surface area contributed by atoms with Crippen molar-refractivity contribution in [1.82, 2.24) is 5.32 Å². The molecule has 1 unspecified atom stereocenters. The normalized spacial score (nSPS) is 24.3. The zero-order valence-electron chi connectivity index (χ0n) is 7.22. The van der Waals surface area contributed by atoms with Gasteiger partial charge in [-0.2, -0.15) is 0 Å². The fourth-order valence-electron chi connectivity index (χ4n) is 1.56. The van der Waals surface area contributed by atoms with Crippen molar-refractivity contribution < 1.29 is 18.7 Å². The Morgan fingerprint density at radius 1 is 1.62 bits per heavy atom. The summed E-state index contributed by atoms with van der Waals surface area (Å²) in [6.07, 6.45) is 0.0481. The van der Waals surface area contributed by atoms with E-state index in [-0.39, 0.29) is 6.54 Å². The first kappa shape index (κ1) is 10.4. The number of aliphatic carboxylic acids is 1. The molecule has 1 heterocycles. The molecule has 0 radical (unpaired) electrons. The van der Waals surface area contributed by atoms with Crippen molar-refractivity contribution >= 4 is 5.97 Å². The maximum absolute atomic E-state index is 13.1. The van der Waals surface area contributed by atoms with Crippen LogP contribution in [0.2, 0.25) is 0 Å². The quantitative estimate of drug-likeness (QED) is 0.705. The zero-order chi connectivity index (χ0) is 9.90. The Morgan fingerprint density at radius 3 is 2.77 bits per heavy atom. The molecule has 5 heteroatoms. The molecule has 0 aromatic heterocycles. The fraction of sp³-hybridized carbons (Fsp3) is 0.875. The summed E-state index contributed by atoms with van der Waals surface area (Å²) in [5, 5.41) is 11.1. The summed E-state index contributed by atoms with van der Waals surface area (Å²) < 4.78 is 26.3. The topological polar surface area (TPSA) is 49.3 Å². The van der Waals surface area contributed by atoms with Crippen molar-refractivity contribution in [2.24, 2.45) is 5.92 Å². The van der Waals surface area contributed by atoms with E-state index in [2.05, 4.69) is 5.32 Å². The van der Waals surface area contributed by atoms with E-state index in [1.807, 2.05) is 0 Å². The van der Waals surface area contributed by atoms with E-state index in [1.165, 1.54) is 0 Å². The van der Waals surface area contributed by atoms with E-state index in [4.69, 9.17) is 5.11 Å². The molecule has 1 saturated heterocycles. The number of carboxylic acids is 1. The first-order valence-electron chi connectivity index (χ1n) is 4.33. The lowest BCUT2D eigenvalue weighted by molar-refractivity contribution is -0.150. The zero-order valence-corrected chi connectivity index (χ0v) is 7.22. The molecule has 1 fully saturated rings.